The molecule has 2 atom stereocenters. The van der Waals surface area contributed by atoms with E-state index in [-0.39, 0.29) is 6.54 Å². The quantitative estimate of drug-likeness (QED) is 0.647. The number of carbonyl (C=O) groups excluding carboxylic acids is 2. The number of hydrogen-bond acceptors (Lipinski definition) is 5. The summed E-state index contributed by atoms with van der Waals surface area (Å²) in [5, 5.41) is 14.0. The molecule has 2 aromatic rings. The fourth-order valence-electron chi connectivity index (χ4n) is 4.25. The van der Waals surface area contributed by atoms with Crippen LogP contribution in [0.5, 0.6) is 0 Å². The SMILES string of the molecule is CC1(c2ccc(F)cc2)NC(=O)N(CC(O)CN2CCN(c3ccc(Cl)cc3)CC2)C1=O. The summed E-state index contributed by atoms with van der Waals surface area (Å²) >= 11 is 5.95. The number of imide groups is 1. The first kappa shape index (κ1) is 22.5. The van der Waals surface area contributed by atoms with E-state index >= 15 is 0 Å². The summed E-state index contributed by atoms with van der Waals surface area (Å²) in [6.07, 6.45) is -0.873. The van der Waals surface area contributed by atoms with E-state index in [9.17, 15) is 19.1 Å². The Hall–Kier alpha value is -2.68. The second kappa shape index (κ2) is 9.05. The average molecular weight is 461 g/mol. The van der Waals surface area contributed by atoms with E-state index in [2.05, 4.69) is 15.1 Å². The van der Waals surface area contributed by atoms with Crippen molar-refractivity contribution in [3.63, 3.8) is 0 Å². The average Bonchev–Trinajstić information content (AvgIpc) is 2.99. The van der Waals surface area contributed by atoms with Crippen LogP contribution < -0.4 is 10.2 Å². The minimum absolute atomic E-state index is 0.0984. The molecule has 2 aliphatic rings. The van der Waals surface area contributed by atoms with Crippen molar-refractivity contribution in [2.45, 2.75) is 18.6 Å². The minimum atomic E-state index is -1.28. The number of nitrogens with zero attached hydrogens (tertiary/aromatic N) is 3. The van der Waals surface area contributed by atoms with Crippen LogP contribution in [0.15, 0.2) is 48.5 Å². The molecule has 0 aliphatic carbocycles. The number of urea groups is 1. The smallest absolute Gasteiger partial charge is 0.325 e. The molecule has 2 aliphatic heterocycles. The summed E-state index contributed by atoms with van der Waals surface area (Å²) in [5.74, 6) is -0.877. The Labute approximate surface area is 191 Å². The lowest BCUT2D eigenvalue weighted by Gasteiger charge is -2.37. The molecule has 0 saturated carbocycles. The second-order valence-corrected chi connectivity index (χ2v) is 8.83. The van der Waals surface area contributed by atoms with Crippen LogP contribution in [0.1, 0.15) is 12.5 Å². The van der Waals surface area contributed by atoms with Gasteiger partial charge in [-0.25, -0.2) is 9.18 Å². The van der Waals surface area contributed by atoms with E-state index in [4.69, 9.17) is 11.6 Å². The number of halogens is 2. The molecule has 170 valence electrons. The molecular formula is C23H26ClFN4O3. The van der Waals surface area contributed by atoms with E-state index in [0.29, 0.717) is 17.1 Å². The molecule has 2 fully saturated rings. The van der Waals surface area contributed by atoms with E-state index < -0.39 is 29.4 Å². The molecule has 0 radical (unpaired) electrons. The lowest BCUT2D eigenvalue weighted by Crippen LogP contribution is -2.50. The molecule has 4 rings (SSSR count). The number of carbonyl (C=O) groups is 2. The van der Waals surface area contributed by atoms with Crippen molar-refractivity contribution in [2.75, 3.05) is 44.2 Å². The van der Waals surface area contributed by atoms with Gasteiger partial charge < -0.3 is 15.3 Å². The van der Waals surface area contributed by atoms with Crippen LogP contribution in [-0.2, 0) is 10.3 Å². The number of β-amino-alcohol motifs (C(OH)–C–C–N with tert-alkyl or cyclic N) is 1. The van der Waals surface area contributed by atoms with Gasteiger partial charge in [0.2, 0.25) is 0 Å². The number of hydrogen-bond donors (Lipinski definition) is 2. The molecule has 0 spiro atoms. The number of aliphatic hydroxyl groups excluding tert-OH is 1. The predicted molar refractivity (Wildman–Crippen MR) is 120 cm³/mol. The number of nitrogens with one attached hydrogen (secondary N) is 1. The number of benzene rings is 2. The highest BCUT2D eigenvalue weighted by Crippen LogP contribution is 2.29. The van der Waals surface area contributed by atoms with E-state index in [1.165, 1.54) is 24.3 Å². The molecule has 2 aromatic carbocycles. The Morgan fingerprint density at radius 2 is 1.66 bits per heavy atom. The molecule has 7 nitrogen and oxygen atoms in total. The van der Waals surface area contributed by atoms with Crippen LogP contribution in [0, 0.1) is 5.82 Å². The first-order valence-electron chi connectivity index (χ1n) is 10.6. The van der Waals surface area contributed by atoms with Crippen molar-refractivity contribution in [3.8, 4) is 0 Å². The van der Waals surface area contributed by atoms with Crippen LogP contribution >= 0.6 is 11.6 Å². The third-order valence-corrected chi connectivity index (χ3v) is 6.37. The normalized spacial score (nSPS) is 22.9. The van der Waals surface area contributed by atoms with Gasteiger partial charge in [-0.1, -0.05) is 23.7 Å². The monoisotopic (exact) mass is 460 g/mol. The van der Waals surface area contributed by atoms with Gasteiger partial charge >= 0.3 is 6.03 Å². The number of piperazine rings is 1. The van der Waals surface area contributed by atoms with Gasteiger partial charge in [-0.2, -0.15) is 0 Å². The maximum Gasteiger partial charge on any atom is 0.325 e. The molecule has 2 saturated heterocycles. The lowest BCUT2D eigenvalue weighted by molar-refractivity contribution is -0.132. The van der Waals surface area contributed by atoms with Gasteiger partial charge in [0.15, 0.2) is 0 Å². The topological polar surface area (TPSA) is 76.1 Å². The zero-order valence-electron chi connectivity index (χ0n) is 17.8. The number of amides is 3. The summed E-state index contributed by atoms with van der Waals surface area (Å²) in [6.45, 7) is 4.97. The predicted octanol–water partition coefficient (Wildman–Crippen LogP) is 2.43. The Morgan fingerprint density at radius 3 is 2.28 bits per heavy atom. The Kier molecular flexibility index (Phi) is 6.37. The van der Waals surface area contributed by atoms with Crippen molar-refractivity contribution >= 4 is 29.2 Å². The molecule has 2 N–H and O–H groups in total. The standard InChI is InChI=1S/C23H26ClFN4O3/c1-23(16-2-6-18(25)7-3-16)21(31)29(22(32)26-23)15-20(30)14-27-10-12-28(13-11-27)19-8-4-17(24)5-9-19/h2-9,20,30H,10-15H2,1H3,(H,26,32). The Morgan fingerprint density at radius 1 is 1.03 bits per heavy atom. The summed E-state index contributed by atoms with van der Waals surface area (Å²) in [5.41, 5.74) is 0.316. The van der Waals surface area contributed by atoms with Crippen molar-refractivity contribution in [2.24, 2.45) is 0 Å². The summed E-state index contributed by atoms with van der Waals surface area (Å²) in [4.78, 5) is 30.9. The van der Waals surface area contributed by atoms with Crippen LogP contribution in [0.25, 0.3) is 0 Å². The highest BCUT2D eigenvalue weighted by molar-refractivity contribution is 6.30. The molecule has 9 heteroatoms. The Balaban J connectivity index is 1.32. The van der Waals surface area contributed by atoms with Gasteiger partial charge in [0.1, 0.15) is 11.4 Å². The fourth-order valence-corrected chi connectivity index (χ4v) is 4.37. The number of anilines is 1. The van der Waals surface area contributed by atoms with Crippen LogP contribution in [0.3, 0.4) is 0 Å². The number of rotatable bonds is 6. The Bertz CT molecular complexity index is 980. The maximum atomic E-state index is 13.3. The zero-order valence-corrected chi connectivity index (χ0v) is 18.6. The molecule has 32 heavy (non-hydrogen) atoms. The van der Waals surface area contributed by atoms with Gasteiger partial charge in [0, 0.05) is 43.4 Å². The first-order chi connectivity index (χ1) is 15.3. The highest BCUT2D eigenvalue weighted by atomic mass is 35.5. The fraction of sp³-hybridized carbons (Fsp3) is 0.391. The van der Waals surface area contributed by atoms with Crippen molar-refractivity contribution in [1.82, 2.24) is 15.1 Å². The van der Waals surface area contributed by atoms with Gasteiger partial charge in [-0.3, -0.25) is 14.6 Å². The van der Waals surface area contributed by atoms with Gasteiger partial charge in [0.25, 0.3) is 5.91 Å². The van der Waals surface area contributed by atoms with Crippen LogP contribution in [-0.4, -0.2) is 72.2 Å². The lowest BCUT2D eigenvalue weighted by atomic mass is 9.92. The van der Waals surface area contributed by atoms with Gasteiger partial charge in [-0.05, 0) is 48.9 Å². The molecular weight excluding hydrogens is 435 g/mol. The van der Waals surface area contributed by atoms with Crippen molar-refractivity contribution < 1.29 is 19.1 Å². The highest BCUT2D eigenvalue weighted by Gasteiger charge is 2.49. The van der Waals surface area contributed by atoms with E-state index in [1.807, 2.05) is 24.3 Å². The molecule has 2 unspecified atom stereocenters. The molecule has 3 amide bonds. The van der Waals surface area contributed by atoms with E-state index in [0.717, 1.165) is 36.8 Å². The van der Waals surface area contributed by atoms with Crippen LogP contribution in [0.2, 0.25) is 5.02 Å². The maximum absolute atomic E-state index is 13.3. The second-order valence-electron chi connectivity index (χ2n) is 8.40. The van der Waals surface area contributed by atoms with Crippen molar-refractivity contribution in [1.29, 1.82) is 0 Å². The zero-order chi connectivity index (χ0) is 22.9. The number of aliphatic hydroxyl groups is 1. The van der Waals surface area contributed by atoms with Crippen LogP contribution in [0.4, 0.5) is 14.9 Å². The molecule has 2 heterocycles. The van der Waals surface area contributed by atoms with Gasteiger partial charge in [0.05, 0.1) is 12.6 Å². The third kappa shape index (κ3) is 4.57. The largest absolute Gasteiger partial charge is 0.390 e. The molecule has 0 bridgehead atoms. The first-order valence-corrected chi connectivity index (χ1v) is 10.9. The van der Waals surface area contributed by atoms with E-state index in [1.54, 1.807) is 6.92 Å². The van der Waals surface area contributed by atoms with Gasteiger partial charge in [-0.15, -0.1) is 0 Å². The third-order valence-electron chi connectivity index (χ3n) is 6.12. The van der Waals surface area contributed by atoms with Crippen molar-refractivity contribution in [3.05, 3.63) is 64.9 Å². The summed E-state index contributed by atoms with van der Waals surface area (Å²) in [7, 11) is 0. The molecule has 0 aromatic heterocycles. The summed E-state index contributed by atoms with van der Waals surface area (Å²) < 4.78 is 13.3. The summed E-state index contributed by atoms with van der Waals surface area (Å²) in [6, 6.07) is 12.6. The minimum Gasteiger partial charge on any atom is -0.390 e.